The number of nitrogens with one attached hydrogen (secondary N) is 1. The van der Waals surface area contributed by atoms with Crippen LogP contribution in [0, 0.1) is 6.92 Å². The number of hydrogen-bond donors (Lipinski definition) is 1. The van der Waals surface area contributed by atoms with Crippen molar-refractivity contribution in [2.45, 2.75) is 69.5 Å². The Labute approximate surface area is 272 Å². The Kier molecular flexibility index (Phi) is 10.8. The first kappa shape index (κ1) is 32.8. The Bertz CT molecular complexity index is 1710. The monoisotopic (exact) mass is 639 g/mol. The third-order valence-electron chi connectivity index (χ3n) is 8.24. The van der Waals surface area contributed by atoms with Crippen molar-refractivity contribution in [2.24, 2.45) is 0 Å². The summed E-state index contributed by atoms with van der Waals surface area (Å²) in [6, 6.07) is 31.0. The smallest absolute Gasteiger partial charge is 0.264 e. The number of sulfonamides is 1. The Balaban J connectivity index is 1.48. The summed E-state index contributed by atoms with van der Waals surface area (Å²) in [7, 11) is -4.16. The molecule has 1 atom stereocenters. The van der Waals surface area contributed by atoms with E-state index in [2.05, 4.69) is 5.32 Å². The summed E-state index contributed by atoms with van der Waals surface area (Å²) < 4.78 is 35.3. The van der Waals surface area contributed by atoms with Gasteiger partial charge < -0.3 is 15.0 Å². The standard InChI is InChI=1S/C37H41N3O5S/c1-3-35(37(42)38-30-15-10-11-16-30)39(26-29-14-12-13-28(2)25-29)36(41)27-40(46(43,44)34-19-8-5-9-20-34)31-21-23-33(24-22-31)45-32-17-6-4-7-18-32/h4-9,12-14,17-25,30,35H,3,10-11,15-16,26-27H2,1-2H3,(H,38,42)/t35-/m0/s1. The molecule has 2 amide bonds. The molecule has 0 aromatic heterocycles. The molecule has 0 bridgehead atoms. The van der Waals surface area contributed by atoms with Crippen molar-refractivity contribution in [3.05, 3.63) is 120 Å². The maximum Gasteiger partial charge on any atom is 0.264 e. The Morgan fingerprint density at radius 1 is 0.848 bits per heavy atom. The minimum atomic E-state index is -4.16. The van der Waals surface area contributed by atoms with E-state index in [4.69, 9.17) is 4.74 Å². The molecule has 0 saturated heterocycles. The molecule has 8 nitrogen and oxygen atoms in total. The predicted molar refractivity (Wildman–Crippen MR) is 180 cm³/mol. The van der Waals surface area contributed by atoms with Gasteiger partial charge in [-0.1, -0.05) is 86.0 Å². The van der Waals surface area contributed by atoms with E-state index in [0.29, 0.717) is 23.6 Å². The Morgan fingerprint density at radius 3 is 2.11 bits per heavy atom. The molecule has 5 rings (SSSR count). The highest BCUT2D eigenvalue weighted by molar-refractivity contribution is 7.92. The van der Waals surface area contributed by atoms with Gasteiger partial charge in [-0.05, 0) is 80.3 Å². The molecule has 1 fully saturated rings. The maximum absolute atomic E-state index is 14.4. The summed E-state index contributed by atoms with van der Waals surface area (Å²) in [6.07, 6.45) is 4.35. The molecule has 4 aromatic rings. The molecular formula is C37H41N3O5S. The number of para-hydroxylation sites is 1. The maximum atomic E-state index is 14.4. The van der Waals surface area contributed by atoms with Crippen LogP contribution in [0.2, 0.25) is 0 Å². The number of rotatable bonds is 13. The average Bonchev–Trinajstić information content (AvgIpc) is 3.58. The molecule has 240 valence electrons. The van der Waals surface area contributed by atoms with Gasteiger partial charge in [-0.25, -0.2) is 8.42 Å². The van der Waals surface area contributed by atoms with Crippen molar-refractivity contribution in [2.75, 3.05) is 10.8 Å². The van der Waals surface area contributed by atoms with Crippen molar-refractivity contribution < 1.29 is 22.7 Å². The first-order chi connectivity index (χ1) is 22.2. The van der Waals surface area contributed by atoms with Gasteiger partial charge in [-0.15, -0.1) is 0 Å². The fraction of sp³-hybridized carbons (Fsp3) is 0.297. The number of aryl methyl sites for hydroxylation is 1. The van der Waals surface area contributed by atoms with E-state index in [-0.39, 0.29) is 23.4 Å². The quantitative estimate of drug-likeness (QED) is 0.173. The number of benzene rings is 4. The molecule has 0 aliphatic heterocycles. The van der Waals surface area contributed by atoms with E-state index >= 15 is 0 Å². The molecule has 9 heteroatoms. The molecule has 4 aromatic carbocycles. The van der Waals surface area contributed by atoms with Crippen molar-refractivity contribution in [1.29, 1.82) is 0 Å². The van der Waals surface area contributed by atoms with Gasteiger partial charge in [0.05, 0.1) is 10.6 Å². The zero-order chi connectivity index (χ0) is 32.5. The van der Waals surface area contributed by atoms with Crippen molar-refractivity contribution in [1.82, 2.24) is 10.2 Å². The highest BCUT2D eigenvalue weighted by atomic mass is 32.2. The summed E-state index contributed by atoms with van der Waals surface area (Å²) in [6.45, 7) is 3.52. The minimum absolute atomic E-state index is 0.0589. The van der Waals surface area contributed by atoms with Crippen LogP contribution in [-0.4, -0.2) is 43.8 Å². The summed E-state index contributed by atoms with van der Waals surface area (Å²) in [5.74, 6) is 0.482. The molecule has 1 N–H and O–H groups in total. The molecule has 1 aliphatic rings. The lowest BCUT2D eigenvalue weighted by Crippen LogP contribution is -2.53. The normalized spacial score (nSPS) is 14.0. The van der Waals surface area contributed by atoms with Gasteiger partial charge in [0.15, 0.2) is 0 Å². The van der Waals surface area contributed by atoms with Gasteiger partial charge in [0.1, 0.15) is 24.1 Å². The number of carbonyl (C=O) groups is 2. The lowest BCUT2D eigenvalue weighted by atomic mass is 10.1. The van der Waals surface area contributed by atoms with E-state index in [1.807, 2.05) is 68.4 Å². The first-order valence-electron chi connectivity index (χ1n) is 15.8. The van der Waals surface area contributed by atoms with Crippen LogP contribution in [0.15, 0.2) is 114 Å². The number of carbonyl (C=O) groups excluding carboxylic acids is 2. The van der Waals surface area contributed by atoms with Crippen LogP contribution in [0.4, 0.5) is 5.69 Å². The molecule has 0 unspecified atom stereocenters. The SMILES string of the molecule is CC[C@@H](C(=O)NC1CCCC1)N(Cc1cccc(C)c1)C(=O)CN(c1ccc(Oc2ccccc2)cc1)S(=O)(=O)c1ccccc1. The van der Waals surface area contributed by atoms with Gasteiger partial charge in [-0.2, -0.15) is 0 Å². The Hall–Kier alpha value is -4.63. The molecule has 1 aliphatic carbocycles. The van der Waals surface area contributed by atoms with Crippen LogP contribution in [0.25, 0.3) is 0 Å². The average molecular weight is 640 g/mol. The van der Waals surface area contributed by atoms with Crippen LogP contribution in [0.1, 0.15) is 50.2 Å². The zero-order valence-corrected chi connectivity index (χ0v) is 27.2. The minimum Gasteiger partial charge on any atom is -0.457 e. The molecule has 0 radical (unpaired) electrons. The van der Waals surface area contributed by atoms with Crippen LogP contribution >= 0.6 is 0 Å². The van der Waals surface area contributed by atoms with Crippen LogP contribution < -0.4 is 14.4 Å². The zero-order valence-electron chi connectivity index (χ0n) is 26.3. The van der Waals surface area contributed by atoms with Gasteiger partial charge in [0, 0.05) is 12.6 Å². The third kappa shape index (κ3) is 8.14. The van der Waals surface area contributed by atoms with Crippen molar-refractivity contribution >= 4 is 27.5 Å². The molecular weight excluding hydrogens is 598 g/mol. The summed E-state index contributed by atoms with van der Waals surface area (Å²) in [5, 5.41) is 3.15. The molecule has 0 heterocycles. The second-order valence-electron chi connectivity index (χ2n) is 11.7. The van der Waals surface area contributed by atoms with Gasteiger partial charge >= 0.3 is 0 Å². The molecule has 0 spiro atoms. The first-order valence-corrected chi connectivity index (χ1v) is 17.2. The van der Waals surface area contributed by atoms with Gasteiger partial charge in [0.25, 0.3) is 10.0 Å². The third-order valence-corrected chi connectivity index (χ3v) is 10.0. The predicted octanol–water partition coefficient (Wildman–Crippen LogP) is 6.85. The summed E-state index contributed by atoms with van der Waals surface area (Å²) in [4.78, 5) is 29.6. The number of nitrogens with zero attached hydrogens (tertiary/aromatic N) is 2. The lowest BCUT2D eigenvalue weighted by Gasteiger charge is -2.34. The van der Waals surface area contributed by atoms with E-state index in [1.54, 1.807) is 42.5 Å². The summed E-state index contributed by atoms with van der Waals surface area (Å²) in [5.41, 5.74) is 2.19. The van der Waals surface area contributed by atoms with Crippen LogP contribution in [0.3, 0.4) is 0 Å². The highest BCUT2D eigenvalue weighted by Crippen LogP contribution is 2.29. The highest BCUT2D eigenvalue weighted by Gasteiger charge is 2.34. The van der Waals surface area contributed by atoms with Crippen LogP contribution in [0.5, 0.6) is 11.5 Å². The fourth-order valence-electron chi connectivity index (χ4n) is 5.85. The number of amides is 2. The van der Waals surface area contributed by atoms with Crippen molar-refractivity contribution in [3.63, 3.8) is 0 Å². The van der Waals surface area contributed by atoms with E-state index in [0.717, 1.165) is 41.1 Å². The second kappa shape index (κ2) is 15.1. The van der Waals surface area contributed by atoms with Crippen LogP contribution in [-0.2, 0) is 26.2 Å². The van der Waals surface area contributed by atoms with E-state index in [9.17, 15) is 18.0 Å². The molecule has 1 saturated carbocycles. The lowest BCUT2D eigenvalue weighted by molar-refractivity contribution is -0.140. The second-order valence-corrected chi connectivity index (χ2v) is 13.5. The molecule has 46 heavy (non-hydrogen) atoms. The number of ether oxygens (including phenoxy) is 1. The van der Waals surface area contributed by atoms with E-state index in [1.165, 1.54) is 17.0 Å². The number of anilines is 1. The van der Waals surface area contributed by atoms with Gasteiger partial charge in [-0.3, -0.25) is 13.9 Å². The largest absolute Gasteiger partial charge is 0.457 e. The van der Waals surface area contributed by atoms with Crippen molar-refractivity contribution in [3.8, 4) is 11.5 Å². The summed E-state index contributed by atoms with van der Waals surface area (Å²) >= 11 is 0. The Morgan fingerprint density at radius 2 is 1.48 bits per heavy atom. The van der Waals surface area contributed by atoms with Gasteiger partial charge in [0.2, 0.25) is 11.8 Å². The van der Waals surface area contributed by atoms with E-state index < -0.39 is 28.5 Å². The topological polar surface area (TPSA) is 96.0 Å². The fourth-order valence-corrected chi connectivity index (χ4v) is 7.28. The number of hydrogen-bond acceptors (Lipinski definition) is 5.